The summed E-state index contributed by atoms with van der Waals surface area (Å²) in [6.07, 6.45) is 5.79. The molecule has 0 saturated heterocycles. The van der Waals surface area contributed by atoms with Gasteiger partial charge in [0, 0.05) is 25.4 Å². The van der Waals surface area contributed by atoms with E-state index in [0.717, 1.165) is 42.4 Å². The van der Waals surface area contributed by atoms with Crippen molar-refractivity contribution in [2.75, 3.05) is 0 Å². The quantitative estimate of drug-likeness (QED) is 0.269. The number of carbonyl (C=O) groups is 2. The van der Waals surface area contributed by atoms with Crippen LogP contribution in [0.25, 0.3) is 10.8 Å². The summed E-state index contributed by atoms with van der Waals surface area (Å²) in [7, 11) is 0. The van der Waals surface area contributed by atoms with E-state index < -0.39 is 6.04 Å². The molecule has 38 heavy (non-hydrogen) atoms. The molecular formula is C34H36N2O2. The summed E-state index contributed by atoms with van der Waals surface area (Å²) in [4.78, 5) is 29.6. The smallest absolute Gasteiger partial charge is 0.243 e. The van der Waals surface area contributed by atoms with Crippen LogP contribution in [0.2, 0.25) is 0 Å². The van der Waals surface area contributed by atoms with Crippen LogP contribution < -0.4 is 5.32 Å². The zero-order valence-corrected chi connectivity index (χ0v) is 21.9. The molecule has 194 valence electrons. The average molecular weight is 505 g/mol. The van der Waals surface area contributed by atoms with Gasteiger partial charge in [0.05, 0.1) is 0 Å². The third-order valence-electron chi connectivity index (χ3n) is 7.66. The normalized spacial score (nSPS) is 14.3. The monoisotopic (exact) mass is 504 g/mol. The Hall–Kier alpha value is -3.92. The van der Waals surface area contributed by atoms with Crippen molar-refractivity contribution in [3.63, 3.8) is 0 Å². The van der Waals surface area contributed by atoms with Gasteiger partial charge in [0.25, 0.3) is 0 Å². The van der Waals surface area contributed by atoms with Crippen LogP contribution in [0.15, 0.2) is 103 Å². The van der Waals surface area contributed by atoms with E-state index >= 15 is 0 Å². The van der Waals surface area contributed by atoms with E-state index in [9.17, 15) is 9.59 Å². The van der Waals surface area contributed by atoms with Gasteiger partial charge in [0.2, 0.25) is 11.8 Å². The molecule has 0 radical (unpaired) electrons. The lowest BCUT2D eigenvalue weighted by atomic mass is 9.99. The van der Waals surface area contributed by atoms with Gasteiger partial charge in [0.15, 0.2) is 0 Å². The maximum absolute atomic E-state index is 14.0. The molecule has 0 spiro atoms. The fourth-order valence-electron chi connectivity index (χ4n) is 5.60. The number of nitrogens with zero attached hydrogens (tertiary/aromatic N) is 1. The molecule has 5 rings (SSSR count). The Morgan fingerprint density at radius 1 is 0.763 bits per heavy atom. The van der Waals surface area contributed by atoms with E-state index in [4.69, 9.17) is 0 Å². The summed E-state index contributed by atoms with van der Waals surface area (Å²) in [6, 6.07) is 34.2. The van der Waals surface area contributed by atoms with Crippen LogP contribution in [0.3, 0.4) is 0 Å². The molecule has 1 aliphatic rings. The molecule has 0 heterocycles. The van der Waals surface area contributed by atoms with Crippen molar-refractivity contribution in [3.05, 3.63) is 120 Å². The molecule has 4 heteroatoms. The topological polar surface area (TPSA) is 49.4 Å². The van der Waals surface area contributed by atoms with Gasteiger partial charge in [0.1, 0.15) is 6.04 Å². The molecule has 4 nitrogen and oxygen atoms in total. The predicted molar refractivity (Wildman–Crippen MR) is 154 cm³/mol. The molecule has 1 saturated carbocycles. The summed E-state index contributed by atoms with van der Waals surface area (Å²) in [5.41, 5.74) is 3.24. The molecule has 1 N–H and O–H groups in total. The first-order chi connectivity index (χ1) is 18.7. The second kappa shape index (κ2) is 12.6. The number of carbonyl (C=O) groups excluding carboxylic acids is 2. The molecule has 1 atom stereocenters. The number of benzene rings is 4. The number of hydrogen-bond acceptors (Lipinski definition) is 2. The van der Waals surface area contributed by atoms with Crippen LogP contribution in [0.4, 0.5) is 0 Å². The third kappa shape index (κ3) is 6.49. The Labute approximate surface area is 225 Å². The highest BCUT2D eigenvalue weighted by Crippen LogP contribution is 2.23. The molecule has 0 bridgehead atoms. The van der Waals surface area contributed by atoms with Crippen LogP contribution in [0, 0.1) is 0 Å². The molecule has 1 aliphatic carbocycles. The van der Waals surface area contributed by atoms with E-state index in [1.54, 1.807) is 0 Å². The largest absolute Gasteiger partial charge is 0.352 e. The van der Waals surface area contributed by atoms with Gasteiger partial charge in [-0.25, -0.2) is 0 Å². The standard InChI is InChI=1S/C34H36N2O2/c37-33(23-22-29-18-11-17-28-16-7-10-21-31(28)29)36(25-27-14-5-2-6-15-27)32(24-26-12-3-1-4-13-26)34(38)35-30-19-8-9-20-30/h1-7,10-18,21,30,32H,8-9,19-20,22-25H2,(H,35,38)/t32-/m0/s1. The van der Waals surface area contributed by atoms with Gasteiger partial charge in [-0.1, -0.05) is 116 Å². The van der Waals surface area contributed by atoms with Crippen LogP contribution in [0.1, 0.15) is 48.8 Å². The van der Waals surface area contributed by atoms with Crippen molar-refractivity contribution in [2.45, 2.75) is 63.6 Å². The highest BCUT2D eigenvalue weighted by Gasteiger charge is 2.32. The number of amides is 2. The van der Waals surface area contributed by atoms with E-state index in [-0.39, 0.29) is 17.9 Å². The highest BCUT2D eigenvalue weighted by molar-refractivity contribution is 5.89. The van der Waals surface area contributed by atoms with E-state index in [1.807, 2.05) is 77.7 Å². The maximum atomic E-state index is 14.0. The predicted octanol–water partition coefficient (Wildman–Crippen LogP) is 6.47. The van der Waals surface area contributed by atoms with Crippen molar-refractivity contribution in [3.8, 4) is 0 Å². The molecule has 0 aliphatic heterocycles. The van der Waals surface area contributed by atoms with Crippen LogP contribution in [-0.2, 0) is 29.0 Å². The summed E-state index contributed by atoms with van der Waals surface area (Å²) in [5, 5.41) is 5.64. The van der Waals surface area contributed by atoms with Gasteiger partial charge >= 0.3 is 0 Å². The Morgan fingerprint density at radius 2 is 1.39 bits per heavy atom. The third-order valence-corrected chi connectivity index (χ3v) is 7.66. The first kappa shape index (κ1) is 25.7. The van der Waals surface area contributed by atoms with Crippen molar-refractivity contribution >= 4 is 22.6 Å². The molecule has 1 fully saturated rings. The number of rotatable bonds is 10. The SMILES string of the molecule is O=C(NC1CCCC1)[C@H](Cc1ccccc1)N(Cc1ccccc1)C(=O)CCc1cccc2ccccc12. The van der Waals surface area contributed by atoms with E-state index in [2.05, 4.69) is 35.6 Å². The highest BCUT2D eigenvalue weighted by atomic mass is 16.2. The van der Waals surface area contributed by atoms with Gasteiger partial charge < -0.3 is 10.2 Å². The minimum atomic E-state index is -0.571. The lowest BCUT2D eigenvalue weighted by Gasteiger charge is -2.32. The number of nitrogens with one attached hydrogen (secondary N) is 1. The zero-order chi connectivity index (χ0) is 26.2. The van der Waals surface area contributed by atoms with Crippen LogP contribution in [-0.4, -0.2) is 28.8 Å². The summed E-state index contributed by atoms with van der Waals surface area (Å²) >= 11 is 0. The molecular weight excluding hydrogens is 468 g/mol. The lowest BCUT2D eigenvalue weighted by Crippen LogP contribution is -2.52. The van der Waals surface area contributed by atoms with E-state index in [0.29, 0.717) is 25.8 Å². The number of aryl methyl sites for hydroxylation is 1. The second-order valence-electron chi connectivity index (χ2n) is 10.3. The lowest BCUT2D eigenvalue weighted by molar-refractivity contribution is -0.141. The zero-order valence-electron chi connectivity index (χ0n) is 21.9. The van der Waals surface area contributed by atoms with Crippen molar-refractivity contribution in [2.24, 2.45) is 0 Å². The summed E-state index contributed by atoms with van der Waals surface area (Å²) in [5.74, 6) is -0.0421. The van der Waals surface area contributed by atoms with Gasteiger partial charge in [-0.3, -0.25) is 9.59 Å². The second-order valence-corrected chi connectivity index (χ2v) is 10.3. The average Bonchev–Trinajstić information content (AvgIpc) is 3.47. The molecule has 0 aromatic heterocycles. The fourth-order valence-corrected chi connectivity index (χ4v) is 5.60. The van der Waals surface area contributed by atoms with Crippen molar-refractivity contribution in [1.29, 1.82) is 0 Å². The van der Waals surface area contributed by atoms with Crippen LogP contribution in [0.5, 0.6) is 0 Å². The van der Waals surface area contributed by atoms with Crippen molar-refractivity contribution < 1.29 is 9.59 Å². The minimum Gasteiger partial charge on any atom is -0.352 e. The van der Waals surface area contributed by atoms with E-state index in [1.165, 1.54) is 10.8 Å². The number of hydrogen-bond donors (Lipinski definition) is 1. The summed E-state index contributed by atoms with van der Waals surface area (Å²) in [6.45, 7) is 0.408. The van der Waals surface area contributed by atoms with Gasteiger partial charge in [-0.05, 0) is 46.7 Å². The maximum Gasteiger partial charge on any atom is 0.243 e. The summed E-state index contributed by atoms with van der Waals surface area (Å²) < 4.78 is 0. The van der Waals surface area contributed by atoms with Gasteiger partial charge in [-0.2, -0.15) is 0 Å². The Morgan fingerprint density at radius 3 is 2.13 bits per heavy atom. The first-order valence-corrected chi connectivity index (χ1v) is 13.8. The minimum absolute atomic E-state index is 0.00397. The molecule has 4 aromatic carbocycles. The van der Waals surface area contributed by atoms with Crippen LogP contribution >= 0.6 is 0 Å². The van der Waals surface area contributed by atoms with Crippen molar-refractivity contribution in [1.82, 2.24) is 10.2 Å². The Balaban J connectivity index is 1.42. The molecule has 0 unspecified atom stereocenters. The van der Waals surface area contributed by atoms with Gasteiger partial charge in [-0.15, -0.1) is 0 Å². The Kier molecular flexibility index (Phi) is 8.49. The molecule has 4 aromatic rings. The molecule has 2 amide bonds. The fraction of sp³-hybridized carbons (Fsp3) is 0.294. The first-order valence-electron chi connectivity index (χ1n) is 13.8. The number of fused-ring (bicyclic) bond motifs is 1. The Bertz CT molecular complexity index is 1340.